The van der Waals surface area contributed by atoms with E-state index in [0.29, 0.717) is 17.9 Å². The van der Waals surface area contributed by atoms with Gasteiger partial charge in [-0.15, -0.1) is 0 Å². The molecule has 0 bridgehead atoms. The summed E-state index contributed by atoms with van der Waals surface area (Å²) in [6.07, 6.45) is 1.79. The Morgan fingerprint density at radius 3 is 2.47 bits per heavy atom. The van der Waals surface area contributed by atoms with Crippen LogP contribution >= 0.6 is 11.6 Å². The fourth-order valence-electron chi connectivity index (χ4n) is 1.37. The number of carboxylic acids is 1. The molecule has 92 valence electrons. The first-order chi connectivity index (χ1) is 8.08. The topological polar surface area (TPSA) is 66.4 Å². The molecule has 0 radical (unpaired) electrons. The second-order valence-electron chi connectivity index (χ2n) is 3.65. The van der Waals surface area contributed by atoms with Crippen LogP contribution in [0.5, 0.6) is 0 Å². The van der Waals surface area contributed by atoms with Crippen LogP contribution < -0.4 is 5.32 Å². The van der Waals surface area contributed by atoms with Crippen molar-refractivity contribution in [2.45, 2.75) is 19.3 Å². The van der Waals surface area contributed by atoms with E-state index in [9.17, 15) is 9.59 Å². The highest BCUT2D eigenvalue weighted by atomic mass is 35.5. The molecule has 0 saturated heterocycles. The number of benzene rings is 1. The maximum absolute atomic E-state index is 11.2. The number of rotatable bonds is 6. The normalized spacial score (nSPS) is 9.94. The molecule has 1 amide bonds. The van der Waals surface area contributed by atoms with Gasteiger partial charge in [-0.1, -0.05) is 23.7 Å². The SMILES string of the molecule is O=C(O)CNC(=O)CCCc1ccc(Cl)cc1. The first-order valence-electron chi connectivity index (χ1n) is 5.31. The van der Waals surface area contributed by atoms with Crippen molar-refractivity contribution in [1.29, 1.82) is 0 Å². The number of halogens is 1. The molecule has 5 heteroatoms. The second kappa shape index (κ2) is 6.91. The summed E-state index contributed by atoms with van der Waals surface area (Å²) in [5, 5.41) is 11.4. The second-order valence-corrected chi connectivity index (χ2v) is 4.09. The number of aliphatic carboxylic acids is 1. The average Bonchev–Trinajstić information content (AvgIpc) is 2.29. The van der Waals surface area contributed by atoms with Gasteiger partial charge in [0.15, 0.2) is 0 Å². The largest absolute Gasteiger partial charge is 0.480 e. The van der Waals surface area contributed by atoms with Crippen LogP contribution in [0.15, 0.2) is 24.3 Å². The molecule has 2 N–H and O–H groups in total. The van der Waals surface area contributed by atoms with Crippen LogP contribution in [-0.2, 0) is 16.0 Å². The number of amides is 1. The molecule has 4 nitrogen and oxygen atoms in total. The monoisotopic (exact) mass is 255 g/mol. The smallest absolute Gasteiger partial charge is 0.322 e. The van der Waals surface area contributed by atoms with Gasteiger partial charge in [0.2, 0.25) is 5.91 Å². The van der Waals surface area contributed by atoms with Gasteiger partial charge >= 0.3 is 5.97 Å². The van der Waals surface area contributed by atoms with E-state index >= 15 is 0 Å². The maximum Gasteiger partial charge on any atom is 0.322 e. The third-order valence-corrected chi connectivity index (χ3v) is 2.47. The zero-order chi connectivity index (χ0) is 12.7. The van der Waals surface area contributed by atoms with E-state index in [2.05, 4.69) is 5.32 Å². The average molecular weight is 256 g/mol. The van der Waals surface area contributed by atoms with Crippen molar-refractivity contribution in [3.05, 3.63) is 34.9 Å². The molecule has 0 aliphatic heterocycles. The fraction of sp³-hybridized carbons (Fsp3) is 0.333. The highest BCUT2D eigenvalue weighted by molar-refractivity contribution is 6.30. The molecule has 1 aromatic carbocycles. The first kappa shape index (κ1) is 13.5. The third-order valence-electron chi connectivity index (χ3n) is 2.22. The van der Waals surface area contributed by atoms with Gasteiger partial charge in [0, 0.05) is 11.4 Å². The van der Waals surface area contributed by atoms with Crippen molar-refractivity contribution in [3.8, 4) is 0 Å². The number of hydrogen-bond acceptors (Lipinski definition) is 2. The van der Waals surface area contributed by atoms with E-state index in [4.69, 9.17) is 16.7 Å². The summed E-state index contributed by atoms with van der Waals surface area (Å²) in [4.78, 5) is 21.4. The van der Waals surface area contributed by atoms with E-state index in [1.165, 1.54) is 0 Å². The molecule has 0 atom stereocenters. The van der Waals surface area contributed by atoms with E-state index in [-0.39, 0.29) is 12.5 Å². The minimum absolute atomic E-state index is 0.235. The fourth-order valence-corrected chi connectivity index (χ4v) is 1.49. The van der Waals surface area contributed by atoms with Gasteiger partial charge < -0.3 is 10.4 Å². The van der Waals surface area contributed by atoms with Crippen LogP contribution in [-0.4, -0.2) is 23.5 Å². The minimum atomic E-state index is -1.03. The van der Waals surface area contributed by atoms with Crippen molar-refractivity contribution in [2.24, 2.45) is 0 Å². The molecule has 0 aliphatic rings. The molecule has 0 aliphatic carbocycles. The Morgan fingerprint density at radius 1 is 1.24 bits per heavy atom. The molecule has 1 rings (SSSR count). The third kappa shape index (κ3) is 5.92. The van der Waals surface area contributed by atoms with Gasteiger partial charge in [-0.25, -0.2) is 0 Å². The van der Waals surface area contributed by atoms with Gasteiger partial charge in [-0.05, 0) is 30.5 Å². The number of hydrogen-bond donors (Lipinski definition) is 2. The van der Waals surface area contributed by atoms with Gasteiger partial charge in [0.25, 0.3) is 0 Å². The molecule has 17 heavy (non-hydrogen) atoms. The Morgan fingerprint density at radius 2 is 1.88 bits per heavy atom. The molecule has 1 aromatic rings. The lowest BCUT2D eigenvalue weighted by atomic mass is 10.1. The maximum atomic E-state index is 11.2. The number of aryl methyl sites for hydroxylation is 1. The minimum Gasteiger partial charge on any atom is -0.480 e. The molecule has 0 heterocycles. The Balaban J connectivity index is 2.21. The summed E-state index contributed by atoms with van der Waals surface area (Å²) in [5.41, 5.74) is 1.11. The van der Waals surface area contributed by atoms with Crippen LogP contribution in [0.25, 0.3) is 0 Å². The Kier molecular flexibility index (Phi) is 5.49. The highest BCUT2D eigenvalue weighted by Crippen LogP contribution is 2.11. The Hall–Kier alpha value is -1.55. The molecule has 0 aromatic heterocycles. The van der Waals surface area contributed by atoms with Gasteiger partial charge in [-0.2, -0.15) is 0 Å². The van der Waals surface area contributed by atoms with E-state index in [1.807, 2.05) is 12.1 Å². The van der Waals surface area contributed by atoms with Crippen LogP contribution in [0, 0.1) is 0 Å². The lowest BCUT2D eigenvalue weighted by Crippen LogP contribution is -2.28. The molecule has 0 saturated carbocycles. The summed E-state index contributed by atoms with van der Waals surface area (Å²) < 4.78 is 0. The van der Waals surface area contributed by atoms with Gasteiger partial charge in [0.1, 0.15) is 6.54 Å². The lowest BCUT2D eigenvalue weighted by molar-refractivity contribution is -0.137. The lowest BCUT2D eigenvalue weighted by Gasteiger charge is -2.03. The number of nitrogens with one attached hydrogen (secondary N) is 1. The van der Waals surface area contributed by atoms with E-state index in [0.717, 1.165) is 12.0 Å². The summed E-state index contributed by atoms with van der Waals surface area (Å²) in [7, 11) is 0. The Labute approximate surface area is 105 Å². The highest BCUT2D eigenvalue weighted by Gasteiger charge is 2.03. The number of carbonyl (C=O) groups is 2. The molecular weight excluding hydrogens is 242 g/mol. The zero-order valence-corrected chi connectivity index (χ0v) is 10.0. The van der Waals surface area contributed by atoms with Crippen LogP contribution in [0.2, 0.25) is 5.02 Å². The molecule has 0 fully saturated rings. The Bertz CT molecular complexity index is 389. The van der Waals surface area contributed by atoms with Crippen molar-refractivity contribution in [1.82, 2.24) is 5.32 Å². The van der Waals surface area contributed by atoms with Gasteiger partial charge in [0.05, 0.1) is 0 Å². The van der Waals surface area contributed by atoms with E-state index in [1.54, 1.807) is 12.1 Å². The van der Waals surface area contributed by atoms with Crippen LogP contribution in [0.1, 0.15) is 18.4 Å². The quantitative estimate of drug-likeness (QED) is 0.815. The molecule has 0 spiro atoms. The first-order valence-corrected chi connectivity index (χ1v) is 5.68. The van der Waals surface area contributed by atoms with Crippen LogP contribution in [0.4, 0.5) is 0 Å². The van der Waals surface area contributed by atoms with Crippen molar-refractivity contribution in [2.75, 3.05) is 6.54 Å². The summed E-state index contributed by atoms with van der Waals surface area (Å²) in [5.74, 6) is -1.27. The molecule has 0 unspecified atom stereocenters. The summed E-state index contributed by atoms with van der Waals surface area (Å²) >= 11 is 5.75. The number of carboxylic acid groups (broad SMARTS) is 1. The summed E-state index contributed by atoms with van der Waals surface area (Å²) in [6.45, 7) is -0.320. The standard InChI is InChI=1S/C12H14ClNO3/c13-10-6-4-9(5-7-10)2-1-3-11(15)14-8-12(16)17/h4-7H,1-3,8H2,(H,14,15)(H,16,17). The van der Waals surface area contributed by atoms with Crippen molar-refractivity contribution in [3.63, 3.8) is 0 Å². The van der Waals surface area contributed by atoms with E-state index < -0.39 is 5.97 Å². The summed E-state index contributed by atoms with van der Waals surface area (Å²) in [6, 6.07) is 7.44. The van der Waals surface area contributed by atoms with Crippen molar-refractivity contribution >= 4 is 23.5 Å². The predicted molar refractivity (Wildman–Crippen MR) is 65.0 cm³/mol. The van der Waals surface area contributed by atoms with Gasteiger partial charge in [-0.3, -0.25) is 9.59 Å². The zero-order valence-electron chi connectivity index (χ0n) is 9.28. The van der Waals surface area contributed by atoms with Crippen molar-refractivity contribution < 1.29 is 14.7 Å². The number of carbonyl (C=O) groups excluding carboxylic acids is 1. The predicted octanol–water partition coefficient (Wildman–Crippen LogP) is 1.86. The molecular formula is C12H14ClNO3. The van der Waals surface area contributed by atoms with Crippen LogP contribution in [0.3, 0.4) is 0 Å².